The smallest absolute Gasteiger partial charge is 0.0541 e. The second kappa shape index (κ2) is 8.74. The highest BCUT2D eigenvalue weighted by molar-refractivity contribution is 6.09. The van der Waals surface area contributed by atoms with Crippen molar-refractivity contribution in [3.63, 3.8) is 0 Å². The SMILES string of the molecule is CC(C)c1ccc2c(c1)c1cc(C(C)C)ccc1n2-c1ccc(-c2ccc3c(c2)-c2ccccc2C3)cc1. The van der Waals surface area contributed by atoms with Crippen LogP contribution in [0.2, 0.25) is 0 Å². The van der Waals surface area contributed by atoms with Crippen LogP contribution in [0.3, 0.4) is 0 Å². The Morgan fingerprint density at radius 1 is 0.526 bits per heavy atom. The molecular formula is C37H33N. The third-order valence-corrected chi connectivity index (χ3v) is 8.40. The van der Waals surface area contributed by atoms with Crippen molar-refractivity contribution in [1.29, 1.82) is 0 Å². The fraction of sp³-hybridized carbons (Fsp3) is 0.189. The van der Waals surface area contributed by atoms with Crippen molar-refractivity contribution in [3.8, 4) is 27.9 Å². The molecule has 0 radical (unpaired) electrons. The van der Waals surface area contributed by atoms with Crippen LogP contribution >= 0.6 is 0 Å². The third kappa shape index (κ3) is 3.61. The molecule has 1 aliphatic rings. The zero-order valence-electron chi connectivity index (χ0n) is 22.6. The summed E-state index contributed by atoms with van der Waals surface area (Å²) < 4.78 is 2.43. The standard InChI is InChI=1S/C37H33N/c1-23(2)26-13-17-36-34(20-26)35-21-27(24(3)4)14-18-37(35)38(36)31-15-11-25(12-16-31)28-9-10-30-19-29-7-5-6-8-32(29)33(30)22-28/h5-18,20-24H,19H2,1-4H3. The minimum atomic E-state index is 0.504. The van der Waals surface area contributed by atoms with Crippen LogP contribution in [0.4, 0.5) is 0 Å². The molecular weight excluding hydrogens is 458 g/mol. The zero-order valence-corrected chi connectivity index (χ0v) is 22.6. The lowest BCUT2D eigenvalue weighted by Gasteiger charge is -2.11. The van der Waals surface area contributed by atoms with E-state index in [4.69, 9.17) is 0 Å². The molecule has 5 aromatic carbocycles. The van der Waals surface area contributed by atoms with Gasteiger partial charge in [-0.15, -0.1) is 0 Å². The molecule has 186 valence electrons. The van der Waals surface area contributed by atoms with Crippen molar-refractivity contribution < 1.29 is 0 Å². The average Bonchev–Trinajstić information content (AvgIpc) is 3.47. The minimum absolute atomic E-state index is 0.504. The first-order valence-corrected chi connectivity index (χ1v) is 13.9. The molecule has 0 atom stereocenters. The van der Waals surface area contributed by atoms with Gasteiger partial charge in [-0.2, -0.15) is 0 Å². The van der Waals surface area contributed by atoms with Crippen molar-refractivity contribution in [2.45, 2.75) is 46.0 Å². The summed E-state index contributed by atoms with van der Waals surface area (Å²) in [6.45, 7) is 9.10. The van der Waals surface area contributed by atoms with Crippen LogP contribution in [-0.4, -0.2) is 4.57 Å². The number of nitrogens with zero attached hydrogens (tertiary/aromatic N) is 1. The quantitative estimate of drug-likeness (QED) is 0.231. The molecule has 38 heavy (non-hydrogen) atoms. The van der Waals surface area contributed by atoms with Crippen LogP contribution in [0.15, 0.2) is 103 Å². The first-order valence-electron chi connectivity index (χ1n) is 13.9. The highest BCUT2D eigenvalue weighted by Crippen LogP contribution is 2.40. The summed E-state index contributed by atoms with van der Waals surface area (Å²) in [5, 5.41) is 2.69. The van der Waals surface area contributed by atoms with E-state index < -0.39 is 0 Å². The Bertz CT molecular complexity index is 1760. The van der Waals surface area contributed by atoms with Crippen LogP contribution in [0.5, 0.6) is 0 Å². The van der Waals surface area contributed by atoms with E-state index in [1.165, 1.54) is 72.0 Å². The molecule has 1 aromatic heterocycles. The Morgan fingerprint density at radius 3 is 1.74 bits per heavy atom. The molecule has 0 saturated carbocycles. The summed E-state index contributed by atoms with van der Waals surface area (Å²) in [7, 11) is 0. The van der Waals surface area contributed by atoms with Crippen molar-refractivity contribution in [2.75, 3.05) is 0 Å². The summed E-state index contributed by atoms with van der Waals surface area (Å²) in [6, 6.07) is 38.9. The van der Waals surface area contributed by atoms with Gasteiger partial charge in [-0.05, 0) is 105 Å². The predicted octanol–water partition coefficient (Wildman–Crippen LogP) is 10.3. The van der Waals surface area contributed by atoms with E-state index in [1.54, 1.807) is 0 Å². The van der Waals surface area contributed by atoms with Crippen molar-refractivity contribution in [1.82, 2.24) is 4.57 Å². The van der Waals surface area contributed by atoms with Gasteiger partial charge in [0.2, 0.25) is 0 Å². The van der Waals surface area contributed by atoms with E-state index in [-0.39, 0.29) is 0 Å². The minimum Gasteiger partial charge on any atom is -0.309 e. The highest BCUT2D eigenvalue weighted by atomic mass is 15.0. The van der Waals surface area contributed by atoms with E-state index in [2.05, 4.69) is 135 Å². The van der Waals surface area contributed by atoms with E-state index in [0.717, 1.165) is 6.42 Å². The van der Waals surface area contributed by atoms with E-state index >= 15 is 0 Å². The molecule has 0 aliphatic heterocycles. The van der Waals surface area contributed by atoms with Crippen LogP contribution in [0, 0.1) is 0 Å². The number of benzene rings is 5. The molecule has 7 rings (SSSR count). The molecule has 0 bridgehead atoms. The van der Waals surface area contributed by atoms with Gasteiger partial charge in [-0.3, -0.25) is 0 Å². The molecule has 0 spiro atoms. The van der Waals surface area contributed by atoms with Crippen LogP contribution in [0.25, 0.3) is 49.7 Å². The lowest BCUT2D eigenvalue weighted by atomic mass is 9.98. The summed E-state index contributed by atoms with van der Waals surface area (Å²) in [6.07, 6.45) is 1.04. The maximum absolute atomic E-state index is 2.43. The largest absolute Gasteiger partial charge is 0.309 e. The maximum Gasteiger partial charge on any atom is 0.0541 e. The second-order valence-corrected chi connectivity index (χ2v) is 11.5. The number of fused-ring (bicyclic) bond motifs is 6. The summed E-state index contributed by atoms with van der Waals surface area (Å²) in [4.78, 5) is 0. The molecule has 0 amide bonds. The van der Waals surface area contributed by atoms with Gasteiger partial charge in [0.15, 0.2) is 0 Å². The van der Waals surface area contributed by atoms with E-state index in [1.807, 2.05) is 0 Å². The molecule has 6 aromatic rings. The number of hydrogen-bond acceptors (Lipinski definition) is 0. The lowest BCUT2D eigenvalue weighted by molar-refractivity contribution is 0.868. The summed E-state index contributed by atoms with van der Waals surface area (Å²) in [5.74, 6) is 1.01. The molecule has 1 heterocycles. The van der Waals surface area contributed by atoms with Gasteiger partial charge >= 0.3 is 0 Å². The van der Waals surface area contributed by atoms with Gasteiger partial charge in [0, 0.05) is 16.5 Å². The van der Waals surface area contributed by atoms with Gasteiger partial charge in [0.05, 0.1) is 11.0 Å². The number of aromatic nitrogens is 1. The fourth-order valence-corrected chi connectivity index (χ4v) is 6.16. The second-order valence-electron chi connectivity index (χ2n) is 11.5. The van der Waals surface area contributed by atoms with Gasteiger partial charge in [0.25, 0.3) is 0 Å². The van der Waals surface area contributed by atoms with Gasteiger partial charge < -0.3 is 4.57 Å². The summed E-state index contributed by atoms with van der Waals surface area (Å²) in [5.41, 5.74) is 14.7. The number of rotatable bonds is 4. The molecule has 0 unspecified atom stereocenters. The number of hydrogen-bond donors (Lipinski definition) is 0. The molecule has 1 nitrogen and oxygen atoms in total. The molecule has 1 heteroatoms. The highest BCUT2D eigenvalue weighted by Gasteiger charge is 2.19. The maximum atomic E-state index is 2.43. The average molecular weight is 492 g/mol. The Hall–Kier alpha value is -4.10. The topological polar surface area (TPSA) is 4.93 Å². The first kappa shape index (κ1) is 23.0. The van der Waals surface area contributed by atoms with Crippen molar-refractivity contribution in [3.05, 3.63) is 125 Å². The normalized spacial score (nSPS) is 12.6. The fourth-order valence-electron chi connectivity index (χ4n) is 6.16. The molecule has 0 saturated heterocycles. The third-order valence-electron chi connectivity index (χ3n) is 8.40. The van der Waals surface area contributed by atoms with Gasteiger partial charge in [-0.25, -0.2) is 0 Å². The molecule has 1 aliphatic carbocycles. The Labute approximate surface area is 225 Å². The first-order chi connectivity index (χ1) is 18.5. The Balaban J connectivity index is 1.34. The Kier molecular flexibility index (Phi) is 5.30. The van der Waals surface area contributed by atoms with Crippen LogP contribution in [0.1, 0.15) is 61.8 Å². The van der Waals surface area contributed by atoms with Crippen LogP contribution in [-0.2, 0) is 6.42 Å². The van der Waals surface area contributed by atoms with E-state index in [0.29, 0.717) is 11.8 Å². The zero-order chi connectivity index (χ0) is 26.0. The predicted molar refractivity (Wildman–Crippen MR) is 163 cm³/mol. The van der Waals surface area contributed by atoms with Crippen LogP contribution < -0.4 is 0 Å². The van der Waals surface area contributed by atoms with Gasteiger partial charge in [-0.1, -0.05) is 88.4 Å². The van der Waals surface area contributed by atoms with Gasteiger partial charge in [0.1, 0.15) is 0 Å². The lowest BCUT2D eigenvalue weighted by Crippen LogP contribution is -1.95. The van der Waals surface area contributed by atoms with E-state index in [9.17, 15) is 0 Å². The van der Waals surface area contributed by atoms with Crippen molar-refractivity contribution in [2.24, 2.45) is 0 Å². The molecule has 0 fully saturated rings. The summed E-state index contributed by atoms with van der Waals surface area (Å²) >= 11 is 0. The monoisotopic (exact) mass is 491 g/mol. The molecule has 0 N–H and O–H groups in total. The van der Waals surface area contributed by atoms with Crippen molar-refractivity contribution >= 4 is 21.8 Å². The Morgan fingerprint density at radius 2 is 1.11 bits per heavy atom.